The Balaban J connectivity index is 2.63. The van der Waals surface area contributed by atoms with E-state index in [0.29, 0.717) is 18.7 Å². The molecule has 1 rings (SSSR count). The maximum absolute atomic E-state index is 11.9. The van der Waals surface area contributed by atoms with Crippen molar-refractivity contribution in [2.75, 3.05) is 13.2 Å². The molecule has 0 atom stereocenters. The van der Waals surface area contributed by atoms with E-state index >= 15 is 0 Å². The minimum atomic E-state index is -0.412. The summed E-state index contributed by atoms with van der Waals surface area (Å²) < 4.78 is 5.48. The number of hydrogen-bond donors (Lipinski definition) is 2. The summed E-state index contributed by atoms with van der Waals surface area (Å²) in [5, 5.41) is 12.2. The highest BCUT2D eigenvalue weighted by atomic mass is 35.5. The van der Waals surface area contributed by atoms with Crippen LogP contribution in [-0.2, 0) is 4.74 Å². The third-order valence-electron chi connectivity index (χ3n) is 2.42. The highest BCUT2D eigenvalue weighted by molar-refractivity contribution is 6.32. The Kier molecular flexibility index (Phi) is 4.99. The third-order valence-corrected chi connectivity index (χ3v) is 2.72. The molecule has 100 valence electrons. The van der Waals surface area contributed by atoms with E-state index in [1.807, 2.05) is 20.8 Å². The van der Waals surface area contributed by atoms with Gasteiger partial charge in [0.25, 0.3) is 5.91 Å². The Morgan fingerprint density at radius 2 is 2.17 bits per heavy atom. The van der Waals surface area contributed by atoms with Crippen LogP contribution in [0.25, 0.3) is 0 Å². The van der Waals surface area contributed by atoms with Crippen molar-refractivity contribution in [3.63, 3.8) is 0 Å². The average Bonchev–Trinajstić information content (AvgIpc) is 2.30. The number of carbonyl (C=O) groups excluding carboxylic acids is 1. The van der Waals surface area contributed by atoms with E-state index in [-0.39, 0.29) is 16.7 Å². The number of carbonyl (C=O) groups is 1. The molecule has 1 aromatic carbocycles. The number of amides is 1. The van der Waals surface area contributed by atoms with Crippen LogP contribution in [0, 0.1) is 0 Å². The van der Waals surface area contributed by atoms with Crippen LogP contribution in [0.4, 0.5) is 0 Å². The van der Waals surface area contributed by atoms with Gasteiger partial charge in [-0.2, -0.15) is 0 Å². The van der Waals surface area contributed by atoms with Crippen LogP contribution in [-0.4, -0.2) is 29.8 Å². The molecule has 0 saturated heterocycles. The number of hydrogen-bond acceptors (Lipinski definition) is 3. The van der Waals surface area contributed by atoms with Gasteiger partial charge in [-0.3, -0.25) is 4.79 Å². The number of halogens is 1. The van der Waals surface area contributed by atoms with Gasteiger partial charge in [0.05, 0.1) is 10.6 Å². The van der Waals surface area contributed by atoms with E-state index in [9.17, 15) is 9.90 Å². The lowest BCUT2D eigenvalue weighted by Gasteiger charge is -2.24. The Hall–Kier alpha value is -1.26. The average molecular weight is 272 g/mol. The lowest BCUT2D eigenvalue weighted by Crippen LogP contribution is -2.40. The van der Waals surface area contributed by atoms with Crippen molar-refractivity contribution < 1.29 is 14.6 Å². The topological polar surface area (TPSA) is 58.6 Å². The first-order chi connectivity index (χ1) is 8.35. The van der Waals surface area contributed by atoms with E-state index in [1.54, 1.807) is 0 Å². The number of nitrogens with one attached hydrogen (secondary N) is 1. The predicted octanol–water partition coefficient (Wildman–Crippen LogP) is 2.59. The van der Waals surface area contributed by atoms with E-state index < -0.39 is 5.60 Å². The maximum atomic E-state index is 11.9. The molecular formula is C13H18ClNO3. The second-order valence-electron chi connectivity index (χ2n) is 4.54. The van der Waals surface area contributed by atoms with Gasteiger partial charge in [0.2, 0.25) is 0 Å². The normalized spacial score (nSPS) is 11.3. The summed E-state index contributed by atoms with van der Waals surface area (Å²) >= 11 is 5.74. The monoisotopic (exact) mass is 271 g/mol. The molecule has 0 saturated carbocycles. The van der Waals surface area contributed by atoms with Gasteiger partial charge in [0.15, 0.2) is 0 Å². The van der Waals surface area contributed by atoms with Gasteiger partial charge in [-0.15, -0.1) is 0 Å². The summed E-state index contributed by atoms with van der Waals surface area (Å²) in [5.74, 6) is -0.285. The Morgan fingerprint density at radius 3 is 2.72 bits per heavy atom. The van der Waals surface area contributed by atoms with E-state index in [2.05, 4.69) is 5.32 Å². The second kappa shape index (κ2) is 6.07. The quantitative estimate of drug-likeness (QED) is 0.865. The highest BCUT2D eigenvalue weighted by Gasteiger charge is 2.19. The Bertz CT molecular complexity index is 432. The van der Waals surface area contributed by atoms with Crippen LogP contribution >= 0.6 is 11.6 Å². The standard InChI is InChI=1S/C13H18ClNO3/c1-4-18-13(2,3)8-15-12(17)9-5-6-11(16)10(14)7-9/h5-7,16H,4,8H2,1-3H3,(H,15,17). The fourth-order valence-electron chi connectivity index (χ4n) is 1.49. The summed E-state index contributed by atoms with van der Waals surface area (Å²) in [5.41, 5.74) is -0.00408. The summed E-state index contributed by atoms with van der Waals surface area (Å²) in [6, 6.07) is 4.34. The van der Waals surface area contributed by atoms with E-state index in [1.165, 1.54) is 18.2 Å². The first-order valence-corrected chi connectivity index (χ1v) is 6.14. The number of benzene rings is 1. The fraction of sp³-hybridized carbons (Fsp3) is 0.462. The molecule has 18 heavy (non-hydrogen) atoms. The Morgan fingerprint density at radius 1 is 1.50 bits per heavy atom. The summed E-state index contributed by atoms with van der Waals surface area (Å²) in [6.45, 7) is 6.70. The molecule has 4 nitrogen and oxygen atoms in total. The summed E-state index contributed by atoms with van der Waals surface area (Å²) in [4.78, 5) is 11.9. The molecule has 0 bridgehead atoms. The van der Waals surface area contributed by atoms with Crippen molar-refractivity contribution in [1.29, 1.82) is 0 Å². The van der Waals surface area contributed by atoms with Crippen molar-refractivity contribution in [3.05, 3.63) is 28.8 Å². The van der Waals surface area contributed by atoms with Gasteiger partial charge >= 0.3 is 0 Å². The lowest BCUT2D eigenvalue weighted by atomic mass is 10.1. The minimum absolute atomic E-state index is 0.0390. The molecule has 0 aromatic heterocycles. The molecular weight excluding hydrogens is 254 g/mol. The van der Waals surface area contributed by atoms with E-state index in [0.717, 1.165) is 0 Å². The largest absolute Gasteiger partial charge is 0.506 e. The predicted molar refractivity (Wildman–Crippen MR) is 71.2 cm³/mol. The molecule has 0 heterocycles. The molecule has 0 aliphatic heterocycles. The molecule has 0 fully saturated rings. The van der Waals surface area contributed by atoms with Crippen LogP contribution < -0.4 is 5.32 Å². The lowest BCUT2D eigenvalue weighted by molar-refractivity contribution is -0.00815. The zero-order valence-corrected chi connectivity index (χ0v) is 11.5. The fourth-order valence-corrected chi connectivity index (χ4v) is 1.67. The van der Waals surface area contributed by atoms with Crippen molar-refractivity contribution >= 4 is 17.5 Å². The molecule has 1 aromatic rings. The summed E-state index contributed by atoms with van der Waals surface area (Å²) in [6.07, 6.45) is 0. The van der Waals surface area contributed by atoms with Gasteiger partial charge < -0.3 is 15.2 Å². The van der Waals surface area contributed by atoms with Crippen LogP contribution in [0.1, 0.15) is 31.1 Å². The van der Waals surface area contributed by atoms with Gasteiger partial charge in [0, 0.05) is 18.7 Å². The number of aromatic hydroxyl groups is 1. The smallest absolute Gasteiger partial charge is 0.251 e. The first-order valence-electron chi connectivity index (χ1n) is 5.76. The maximum Gasteiger partial charge on any atom is 0.251 e. The number of phenolic OH excluding ortho intramolecular Hbond substituents is 1. The second-order valence-corrected chi connectivity index (χ2v) is 4.95. The molecule has 0 aliphatic rings. The zero-order chi connectivity index (χ0) is 13.8. The van der Waals surface area contributed by atoms with E-state index in [4.69, 9.17) is 16.3 Å². The SMILES string of the molecule is CCOC(C)(C)CNC(=O)c1ccc(O)c(Cl)c1. The van der Waals surface area contributed by atoms with Crippen LogP contribution in [0.15, 0.2) is 18.2 Å². The highest BCUT2D eigenvalue weighted by Crippen LogP contribution is 2.23. The zero-order valence-electron chi connectivity index (χ0n) is 10.8. The van der Waals surface area contributed by atoms with Crippen molar-refractivity contribution in [2.45, 2.75) is 26.4 Å². The van der Waals surface area contributed by atoms with Crippen molar-refractivity contribution in [2.24, 2.45) is 0 Å². The number of ether oxygens (including phenoxy) is 1. The van der Waals surface area contributed by atoms with Gasteiger partial charge in [0.1, 0.15) is 5.75 Å². The van der Waals surface area contributed by atoms with Crippen molar-refractivity contribution in [3.8, 4) is 5.75 Å². The first kappa shape index (κ1) is 14.8. The van der Waals surface area contributed by atoms with Crippen LogP contribution in [0.5, 0.6) is 5.75 Å². The Labute approximate surface area is 112 Å². The van der Waals surface area contributed by atoms with Crippen molar-refractivity contribution in [1.82, 2.24) is 5.32 Å². The third kappa shape index (κ3) is 4.20. The van der Waals surface area contributed by atoms with Gasteiger partial charge in [-0.1, -0.05) is 11.6 Å². The molecule has 0 aliphatic carbocycles. The summed E-state index contributed by atoms with van der Waals surface area (Å²) in [7, 11) is 0. The molecule has 5 heteroatoms. The number of rotatable bonds is 5. The van der Waals surface area contributed by atoms with Gasteiger partial charge in [-0.05, 0) is 39.0 Å². The molecule has 2 N–H and O–H groups in total. The molecule has 1 amide bonds. The number of phenols is 1. The van der Waals surface area contributed by atoms with Crippen LogP contribution in [0.3, 0.4) is 0 Å². The minimum Gasteiger partial charge on any atom is -0.506 e. The molecule has 0 spiro atoms. The molecule has 0 radical (unpaired) electrons. The molecule has 0 unspecified atom stereocenters. The van der Waals surface area contributed by atoms with Gasteiger partial charge in [-0.25, -0.2) is 0 Å². The van der Waals surface area contributed by atoms with Crippen LogP contribution in [0.2, 0.25) is 5.02 Å².